The van der Waals surface area contributed by atoms with Gasteiger partial charge in [-0.25, -0.2) is 0 Å². The third-order valence-electron chi connectivity index (χ3n) is 3.38. The molecule has 100 valence electrons. The molecule has 1 aromatic heterocycles. The fourth-order valence-corrected chi connectivity index (χ4v) is 2.32. The van der Waals surface area contributed by atoms with E-state index in [1.54, 1.807) is 6.92 Å². The van der Waals surface area contributed by atoms with E-state index in [9.17, 15) is 4.79 Å². The Balaban J connectivity index is 2.04. The Morgan fingerprint density at radius 1 is 1.61 bits per heavy atom. The lowest BCUT2D eigenvalue weighted by Crippen LogP contribution is -2.41. The van der Waals surface area contributed by atoms with Crippen molar-refractivity contribution in [3.05, 3.63) is 17.0 Å². The number of rotatable bonds is 4. The third-order valence-corrected chi connectivity index (χ3v) is 3.38. The summed E-state index contributed by atoms with van der Waals surface area (Å²) in [6.07, 6.45) is 2.88. The van der Waals surface area contributed by atoms with Crippen LogP contribution in [-0.4, -0.2) is 29.8 Å². The number of ether oxygens (including phenoxy) is 1. The molecule has 1 aliphatic heterocycles. The maximum atomic E-state index is 12.2. The molecule has 0 saturated carbocycles. The Morgan fingerprint density at radius 3 is 3.00 bits per heavy atom. The molecule has 1 amide bonds. The maximum absolute atomic E-state index is 12.2. The molecule has 18 heavy (non-hydrogen) atoms. The second-order valence-electron chi connectivity index (χ2n) is 4.73. The van der Waals surface area contributed by atoms with Crippen molar-refractivity contribution >= 4 is 5.91 Å². The first-order valence-electron chi connectivity index (χ1n) is 6.51. The molecule has 0 aliphatic carbocycles. The second-order valence-corrected chi connectivity index (χ2v) is 4.73. The van der Waals surface area contributed by atoms with Crippen LogP contribution in [0.3, 0.4) is 0 Å². The molecule has 5 heteroatoms. The highest BCUT2D eigenvalue weighted by atomic mass is 16.5. The van der Waals surface area contributed by atoms with Gasteiger partial charge in [0.1, 0.15) is 11.3 Å². The van der Waals surface area contributed by atoms with Crippen molar-refractivity contribution in [2.45, 2.75) is 52.2 Å². The normalized spacial score (nSPS) is 20.9. The third kappa shape index (κ3) is 2.56. The molecule has 5 nitrogen and oxygen atoms in total. The lowest BCUT2D eigenvalue weighted by atomic mass is 10.1. The van der Waals surface area contributed by atoms with Gasteiger partial charge in [0, 0.05) is 6.61 Å². The minimum Gasteiger partial charge on any atom is -0.376 e. The number of nitrogens with one attached hydrogen (secondary N) is 1. The van der Waals surface area contributed by atoms with Gasteiger partial charge in [0.05, 0.1) is 17.8 Å². The Kier molecular flexibility index (Phi) is 4.01. The predicted molar refractivity (Wildman–Crippen MR) is 66.5 cm³/mol. The molecule has 1 fully saturated rings. The van der Waals surface area contributed by atoms with E-state index in [1.165, 1.54) is 0 Å². The fraction of sp³-hybridized carbons (Fsp3) is 0.692. The van der Waals surface area contributed by atoms with Crippen molar-refractivity contribution < 1.29 is 14.1 Å². The van der Waals surface area contributed by atoms with E-state index >= 15 is 0 Å². The Labute approximate surface area is 107 Å². The average Bonchev–Trinajstić information content (AvgIpc) is 2.97. The summed E-state index contributed by atoms with van der Waals surface area (Å²) in [6, 6.07) is 0.0130. The van der Waals surface area contributed by atoms with Crippen LogP contribution in [0.25, 0.3) is 0 Å². The highest BCUT2D eigenvalue weighted by molar-refractivity contribution is 5.96. The Morgan fingerprint density at radius 2 is 2.39 bits per heavy atom. The van der Waals surface area contributed by atoms with Crippen molar-refractivity contribution in [1.29, 1.82) is 0 Å². The first kappa shape index (κ1) is 13.1. The van der Waals surface area contributed by atoms with Crippen LogP contribution in [0.2, 0.25) is 0 Å². The topological polar surface area (TPSA) is 64.4 Å². The minimum atomic E-state index is -0.117. The summed E-state index contributed by atoms with van der Waals surface area (Å²) in [5.41, 5.74) is 1.28. The molecule has 2 atom stereocenters. The molecule has 1 saturated heterocycles. The van der Waals surface area contributed by atoms with Gasteiger partial charge >= 0.3 is 0 Å². The number of nitrogens with zero attached hydrogens (tertiary/aromatic N) is 1. The zero-order chi connectivity index (χ0) is 13.1. The van der Waals surface area contributed by atoms with Crippen LogP contribution < -0.4 is 5.32 Å². The highest BCUT2D eigenvalue weighted by Gasteiger charge is 2.26. The SMILES string of the molecule is CCc1noc(C)c1C(=O)N[C@H](C)[C@@H]1CCCO1. The molecular formula is C13H20N2O3. The quantitative estimate of drug-likeness (QED) is 0.888. The van der Waals surface area contributed by atoms with Gasteiger partial charge in [-0.1, -0.05) is 12.1 Å². The van der Waals surface area contributed by atoms with Crippen molar-refractivity contribution in [2.24, 2.45) is 0 Å². The van der Waals surface area contributed by atoms with Crippen LogP contribution in [0.4, 0.5) is 0 Å². The van der Waals surface area contributed by atoms with E-state index in [2.05, 4.69) is 10.5 Å². The molecular weight excluding hydrogens is 232 g/mol. The summed E-state index contributed by atoms with van der Waals surface area (Å²) in [4.78, 5) is 12.2. The van der Waals surface area contributed by atoms with E-state index in [1.807, 2.05) is 13.8 Å². The number of hydrogen-bond donors (Lipinski definition) is 1. The number of hydrogen-bond acceptors (Lipinski definition) is 4. The Hall–Kier alpha value is -1.36. The molecule has 0 radical (unpaired) electrons. The minimum absolute atomic E-state index is 0.0130. The number of carbonyl (C=O) groups excluding carboxylic acids is 1. The molecule has 0 aromatic carbocycles. The maximum Gasteiger partial charge on any atom is 0.257 e. The first-order valence-corrected chi connectivity index (χ1v) is 6.51. The molecule has 1 aromatic rings. The smallest absolute Gasteiger partial charge is 0.257 e. The van der Waals surface area contributed by atoms with Crippen LogP contribution >= 0.6 is 0 Å². The van der Waals surface area contributed by atoms with Crippen molar-refractivity contribution in [1.82, 2.24) is 10.5 Å². The van der Waals surface area contributed by atoms with Gasteiger partial charge < -0.3 is 14.6 Å². The van der Waals surface area contributed by atoms with Crippen LogP contribution in [-0.2, 0) is 11.2 Å². The largest absolute Gasteiger partial charge is 0.376 e. The molecule has 1 aliphatic rings. The monoisotopic (exact) mass is 252 g/mol. The molecule has 0 unspecified atom stereocenters. The van der Waals surface area contributed by atoms with Crippen molar-refractivity contribution in [3.63, 3.8) is 0 Å². The van der Waals surface area contributed by atoms with Gasteiger partial charge in [-0.3, -0.25) is 4.79 Å². The Bertz CT molecular complexity index is 422. The van der Waals surface area contributed by atoms with Gasteiger partial charge in [0.2, 0.25) is 0 Å². The van der Waals surface area contributed by atoms with Crippen LogP contribution in [0, 0.1) is 6.92 Å². The number of carbonyl (C=O) groups is 1. The standard InChI is InChI=1S/C13H20N2O3/c1-4-10-12(9(3)18-15-10)13(16)14-8(2)11-6-5-7-17-11/h8,11H,4-7H2,1-3H3,(H,14,16)/t8-,11+/m1/s1. The van der Waals surface area contributed by atoms with Crippen molar-refractivity contribution in [3.8, 4) is 0 Å². The van der Waals surface area contributed by atoms with Crippen LogP contribution in [0.5, 0.6) is 0 Å². The summed E-state index contributed by atoms with van der Waals surface area (Å²) in [5.74, 6) is 0.456. The molecule has 2 rings (SSSR count). The van der Waals surface area contributed by atoms with Gasteiger partial charge in [0.25, 0.3) is 5.91 Å². The molecule has 0 bridgehead atoms. The van der Waals surface area contributed by atoms with Gasteiger partial charge in [-0.2, -0.15) is 0 Å². The van der Waals surface area contributed by atoms with Crippen LogP contribution in [0.1, 0.15) is 48.5 Å². The lowest BCUT2D eigenvalue weighted by molar-refractivity contribution is 0.0711. The second kappa shape index (κ2) is 5.52. The molecule has 0 spiro atoms. The summed E-state index contributed by atoms with van der Waals surface area (Å²) in [5, 5.41) is 6.87. The van der Waals surface area contributed by atoms with Crippen molar-refractivity contribution in [2.75, 3.05) is 6.61 Å². The summed E-state index contributed by atoms with van der Waals surface area (Å²) in [6.45, 7) is 6.48. The van der Waals surface area contributed by atoms with E-state index in [0.717, 1.165) is 19.4 Å². The van der Waals surface area contributed by atoms with E-state index < -0.39 is 0 Å². The van der Waals surface area contributed by atoms with Crippen LogP contribution in [0.15, 0.2) is 4.52 Å². The summed E-state index contributed by atoms with van der Waals surface area (Å²) < 4.78 is 10.6. The molecule has 1 N–H and O–H groups in total. The average molecular weight is 252 g/mol. The fourth-order valence-electron chi connectivity index (χ4n) is 2.32. The zero-order valence-electron chi connectivity index (χ0n) is 11.2. The predicted octanol–water partition coefficient (Wildman–Crippen LogP) is 1.84. The van der Waals surface area contributed by atoms with Gasteiger partial charge in [-0.15, -0.1) is 0 Å². The highest BCUT2D eigenvalue weighted by Crippen LogP contribution is 2.18. The number of aryl methyl sites for hydroxylation is 2. The number of aromatic nitrogens is 1. The lowest BCUT2D eigenvalue weighted by Gasteiger charge is -2.19. The zero-order valence-corrected chi connectivity index (χ0v) is 11.2. The van der Waals surface area contributed by atoms with Gasteiger partial charge in [0.15, 0.2) is 0 Å². The first-order chi connectivity index (χ1) is 8.63. The van der Waals surface area contributed by atoms with E-state index in [0.29, 0.717) is 23.4 Å². The summed E-state index contributed by atoms with van der Waals surface area (Å²) in [7, 11) is 0. The van der Waals surface area contributed by atoms with E-state index in [4.69, 9.17) is 9.26 Å². The van der Waals surface area contributed by atoms with Gasteiger partial charge in [-0.05, 0) is 33.1 Å². The summed E-state index contributed by atoms with van der Waals surface area (Å²) >= 11 is 0. The van der Waals surface area contributed by atoms with E-state index in [-0.39, 0.29) is 18.1 Å². The number of amides is 1. The molecule has 2 heterocycles.